The molecule has 0 atom stereocenters. The molecule has 0 unspecified atom stereocenters. The van der Waals surface area contributed by atoms with E-state index in [-0.39, 0.29) is 23.6 Å². The van der Waals surface area contributed by atoms with Gasteiger partial charge in [0.05, 0.1) is 12.6 Å². The Kier molecular flexibility index (Phi) is 7.26. The molecule has 1 fully saturated rings. The van der Waals surface area contributed by atoms with Crippen LogP contribution in [0.5, 0.6) is 5.75 Å². The van der Waals surface area contributed by atoms with E-state index in [4.69, 9.17) is 9.57 Å². The Morgan fingerprint density at radius 2 is 1.79 bits per heavy atom. The van der Waals surface area contributed by atoms with Crippen molar-refractivity contribution in [3.8, 4) is 5.75 Å². The topological polar surface area (TPSA) is 77.7 Å². The van der Waals surface area contributed by atoms with Crippen molar-refractivity contribution in [3.05, 3.63) is 58.5 Å². The monoisotopic (exact) mass is 466 g/mol. The Morgan fingerprint density at radius 1 is 1.09 bits per heavy atom. The Hall–Kier alpha value is -3.26. The molecular weight excluding hydrogens is 432 g/mol. The van der Waals surface area contributed by atoms with Crippen LogP contribution in [0.3, 0.4) is 0 Å². The van der Waals surface area contributed by atoms with Gasteiger partial charge in [0.1, 0.15) is 17.9 Å². The van der Waals surface area contributed by atoms with Gasteiger partial charge in [0.15, 0.2) is 0 Å². The third kappa shape index (κ3) is 4.97. The average molecular weight is 467 g/mol. The van der Waals surface area contributed by atoms with Gasteiger partial charge in [-0.1, -0.05) is 18.2 Å². The maximum absolute atomic E-state index is 13.3. The molecular formula is C26H34N4O4. The predicted molar refractivity (Wildman–Crippen MR) is 134 cm³/mol. The number of ether oxygens (including phenoxy) is 1. The number of hydrogen-bond donors (Lipinski definition) is 1. The van der Waals surface area contributed by atoms with Gasteiger partial charge in [0.25, 0.3) is 0 Å². The minimum Gasteiger partial charge on any atom is -0.496 e. The van der Waals surface area contributed by atoms with Crippen LogP contribution in [-0.2, 0) is 4.79 Å². The van der Waals surface area contributed by atoms with Crippen molar-refractivity contribution >= 4 is 22.6 Å². The van der Waals surface area contributed by atoms with E-state index >= 15 is 0 Å². The summed E-state index contributed by atoms with van der Waals surface area (Å²) in [6.07, 6.45) is 2.99. The molecule has 3 aromatic rings. The quantitative estimate of drug-likeness (QED) is 0.550. The Bertz CT molecular complexity index is 1210. The van der Waals surface area contributed by atoms with Gasteiger partial charge in [-0.05, 0) is 70.5 Å². The molecule has 1 aliphatic rings. The molecule has 0 aliphatic heterocycles. The number of benzene rings is 2. The van der Waals surface area contributed by atoms with E-state index in [1.54, 1.807) is 7.11 Å². The van der Waals surface area contributed by atoms with Crippen molar-refractivity contribution in [2.45, 2.75) is 38.6 Å². The van der Waals surface area contributed by atoms with E-state index in [2.05, 4.69) is 5.32 Å². The number of anilines is 1. The summed E-state index contributed by atoms with van der Waals surface area (Å²) in [7, 11) is 5.57. The highest BCUT2D eigenvalue weighted by atomic mass is 16.7. The Morgan fingerprint density at radius 3 is 2.47 bits per heavy atom. The van der Waals surface area contributed by atoms with Crippen LogP contribution in [0.25, 0.3) is 11.0 Å². The van der Waals surface area contributed by atoms with Crippen LogP contribution in [0.2, 0.25) is 0 Å². The van der Waals surface area contributed by atoms with E-state index in [9.17, 15) is 9.59 Å². The summed E-state index contributed by atoms with van der Waals surface area (Å²) in [6, 6.07) is 13.5. The third-order valence-corrected chi connectivity index (χ3v) is 6.61. The molecule has 1 N–H and O–H groups in total. The zero-order valence-electron chi connectivity index (χ0n) is 20.4. The minimum atomic E-state index is -0.153. The number of para-hydroxylation sites is 2. The summed E-state index contributed by atoms with van der Waals surface area (Å²) in [5.41, 5.74) is 3.26. The number of nitrogens with one attached hydrogen (secondary N) is 1. The van der Waals surface area contributed by atoms with Crippen LogP contribution < -0.4 is 20.6 Å². The number of carbonyl (C=O) groups excluding carboxylic acids is 1. The van der Waals surface area contributed by atoms with Gasteiger partial charge < -0.3 is 19.8 Å². The molecule has 1 amide bonds. The highest BCUT2D eigenvalue weighted by Crippen LogP contribution is 2.34. The van der Waals surface area contributed by atoms with Crippen LogP contribution in [0, 0.1) is 12.8 Å². The zero-order chi connectivity index (χ0) is 24.2. The number of nitrogens with zero attached hydrogens (tertiary/aromatic N) is 3. The fraction of sp³-hybridized carbons (Fsp3) is 0.462. The van der Waals surface area contributed by atoms with Gasteiger partial charge in [-0.25, -0.2) is 4.79 Å². The molecule has 182 valence electrons. The molecule has 2 aromatic carbocycles. The first-order chi connectivity index (χ1) is 16.4. The Balaban J connectivity index is 1.46. The largest absolute Gasteiger partial charge is 0.496 e. The molecule has 0 bridgehead atoms. The number of methoxy groups -OCH3 is 1. The molecule has 1 heterocycles. The van der Waals surface area contributed by atoms with Crippen molar-refractivity contribution in [1.29, 1.82) is 0 Å². The first kappa shape index (κ1) is 23.9. The van der Waals surface area contributed by atoms with Crippen molar-refractivity contribution in [2.24, 2.45) is 5.92 Å². The standard InChI is InChI=1S/C26H34N4O4/c1-18-9-12-20(17-24(18)33-4)27-25(31)19-10-13-21(14-11-19)29-22-7-5-6-8-23(22)30(26(29)32)34-16-15-28(2)3/h5-9,12,17,19,21H,10-11,13-16H2,1-4H3,(H,27,31). The molecule has 1 saturated carbocycles. The highest BCUT2D eigenvalue weighted by Gasteiger charge is 2.30. The number of likely N-dealkylation sites (N-methyl/N-ethyl adjacent to an activating group) is 1. The van der Waals surface area contributed by atoms with Crippen molar-refractivity contribution < 1.29 is 14.4 Å². The van der Waals surface area contributed by atoms with E-state index in [1.807, 2.05) is 73.0 Å². The maximum Gasteiger partial charge on any atom is 0.362 e. The molecule has 0 spiro atoms. The Labute approximate surface area is 200 Å². The normalized spacial score (nSPS) is 18.3. The van der Waals surface area contributed by atoms with Gasteiger partial charge in [-0.3, -0.25) is 9.36 Å². The van der Waals surface area contributed by atoms with Gasteiger partial charge in [-0.15, -0.1) is 4.73 Å². The maximum atomic E-state index is 13.3. The second-order valence-electron chi connectivity index (χ2n) is 9.25. The second-order valence-corrected chi connectivity index (χ2v) is 9.25. The molecule has 0 saturated heterocycles. The summed E-state index contributed by atoms with van der Waals surface area (Å²) < 4.78 is 8.63. The van der Waals surface area contributed by atoms with Crippen molar-refractivity contribution in [1.82, 2.24) is 14.2 Å². The van der Waals surface area contributed by atoms with Gasteiger partial charge >= 0.3 is 5.69 Å². The number of carbonyl (C=O) groups is 1. The number of fused-ring (bicyclic) bond motifs is 1. The fourth-order valence-electron chi connectivity index (χ4n) is 4.67. The van der Waals surface area contributed by atoms with Crippen LogP contribution in [0.1, 0.15) is 37.3 Å². The molecule has 8 heteroatoms. The minimum absolute atomic E-state index is 0.0196. The number of rotatable bonds is 8. The van der Waals surface area contributed by atoms with Crippen LogP contribution >= 0.6 is 0 Å². The summed E-state index contributed by atoms with van der Waals surface area (Å²) in [5, 5.41) is 3.03. The summed E-state index contributed by atoms with van der Waals surface area (Å²) in [6.45, 7) is 3.12. The zero-order valence-corrected chi connectivity index (χ0v) is 20.4. The van der Waals surface area contributed by atoms with E-state index < -0.39 is 0 Å². The lowest BCUT2D eigenvalue weighted by Gasteiger charge is -2.28. The van der Waals surface area contributed by atoms with Crippen LogP contribution in [-0.4, -0.2) is 54.5 Å². The molecule has 1 aliphatic carbocycles. The first-order valence-electron chi connectivity index (χ1n) is 11.8. The highest BCUT2D eigenvalue weighted by molar-refractivity contribution is 5.92. The lowest BCUT2D eigenvalue weighted by molar-refractivity contribution is -0.121. The van der Waals surface area contributed by atoms with Gasteiger partial charge in [0, 0.05) is 30.3 Å². The third-order valence-electron chi connectivity index (χ3n) is 6.61. The summed E-state index contributed by atoms with van der Waals surface area (Å²) >= 11 is 0. The summed E-state index contributed by atoms with van der Waals surface area (Å²) in [4.78, 5) is 34.1. The number of aryl methyl sites for hydroxylation is 1. The number of aromatic nitrogens is 2. The molecule has 0 radical (unpaired) electrons. The average Bonchev–Trinajstić information content (AvgIpc) is 3.11. The van der Waals surface area contributed by atoms with E-state index in [0.717, 1.165) is 60.3 Å². The number of imidazole rings is 1. The molecule has 4 rings (SSSR count). The molecule has 8 nitrogen and oxygen atoms in total. The van der Waals surface area contributed by atoms with Crippen LogP contribution in [0.4, 0.5) is 5.69 Å². The second kappa shape index (κ2) is 10.3. The van der Waals surface area contributed by atoms with Crippen molar-refractivity contribution in [2.75, 3.05) is 39.7 Å². The lowest BCUT2D eigenvalue weighted by Crippen LogP contribution is -2.35. The van der Waals surface area contributed by atoms with Gasteiger partial charge in [-0.2, -0.15) is 0 Å². The van der Waals surface area contributed by atoms with Crippen LogP contribution in [0.15, 0.2) is 47.3 Å². The number of amides is 1. The number of hydrogen-bond acceptors (Lipinski definition) is 5. The van der Waals surface area contributed by atoms with Gasteiger partial charge in [0.2, 0.25) is 5.91 Å². The first-order valence-corrected chi connectivity index (χ1v) is 11.8. The molecule has 34 heavy (non-hydrogen) atoms. The molecule has 1 aromatic heterocycles. The van der Waals surface area contributed by atoms with E-state index in [1.165, 1.54) is 4.73 Å². The lowest BCUT2D eigenvalue weighted by atomic mass is 9.85. The van der Waals surface area contributed by atoms with Crippen molar-refractivity contribution in [3.63, 3.8) is 0 Å². The fourth-order valence-corrected chi connectivity index (χ4v) is 4.67. The smallest absolute Gasteiger partial charge is 0.362 e. The predicted octanol–water partition coefficient (Wildman–Crippen LogP) is 3.48. The summed E-state index contributed by atoms with van der Waals surface area (Å²) in [5.74, 6) is 0.695. The SMILES string of the molecule is COc1cc(NC(=O)C2CCC(n3c(=O)n(OCCN(C)C)c4ccccc43)CC2)ccc1C. The van der Waals surface area contributed by atoms with E-state index in [0.29, 0.717) is 6.61 Å².